The minimum atomic E-state index is -0.249. The van der Waals surface area contributed by atoms with Gasteiger partial charge >= 0.3 is 0 Å². The number of rotatable bonds is 3. The molecule has 0 fully saturated rings. The Morgan fingerprint density at radius 2 is 1.81 bits per heavy atom. The van der Waals surface area contributed by atoms with Crippen LogP contribution in [0.2, 0.25) is 5.02 Å². The smallest absolute Gasteiger partial charge is 0.257 e. The number of nitrogens with zero attached hydrogens (tertiary/aromatic N) is 1. The molecule has 0 aliphatic rings. The summed E-state index contributed by atoms with van der Waals surface area (Å²) in [5, 5.41) is 3.26. The van der Waals surface area contributed by atoms with E-state index in [0.717, 1.165) is 22.2 Å². The van der Waals surface area contributed by atoms with Crippen LogP contribution in [0.5, 0.6) is 0 Å². The molecule has 0 saturated carbocycles. The van der Waals surface area contributed by atoms with E-state index in [9.17, 15) is 4.79 Å². The van der Waals surface area contributed by atoms with Crippen LogP contribution >= 0.6 is 11.6 Å². The fourth-order valence-electron chi connectivity index (χ4n) is 2.70. The van der Waals surface area contributed by atoms with Gasteiger partial charge in [-0.3, -0.25) is 4.79 Å². The van der Waals surface area contributed by atoms with Gasteiger partial charge in [0.2, 0.25) is 5.89 Å². The van der Waals surface area contributed by atoms with E-state index < -0.39 is 0 Å². The molecule has 4 aromatic rings. The number of halogens is 1. The number of carbonyl (C=O) groups excluding carboxylic acids is 1. The van der Waals surface area contributed by atoms with E-state index in [1.54, 1.807) is 24.3 Å². The highest BCUT2D eigenvalue weighted by Crippen LogP contribution is 2.26. The largest absolute Gasteiger partial charge is 0.436 e. The number of amides is 1. The third kappa shape index (κ3) is 3.19. The molecule has 1 amide bonds. The number of hydrogen-bond donors (Lipinski definition) is 1. The first-order valence-corrected chi connectivity index (χ1v) is 8.51. The lowest BCUT2D eigenvalue weighted by Crippen LogP contribution is -2.12. The molecule has 0 unspecified atom stereocenters. The van der Waals surface area contributed by atoms with E-state index in [0.29, 0.717) is 22.2 Å². The highest BCUT2D eigenvalue weighted by atomic mass is 35.5. The summed E-state index contributed by atoms with van der Waals surface area (Å²) >= 11 is 6.06. The molecule has 0 aliphatic heterocycles. The van der Waals surface area contributed by atoms with Crippen molar-refractivity contribution in [2.45, 2.75) is 6.92 Å². The normalized spacial score (nSPS) is 10.8. The van der Waals surface area contributed by atoms with Crippen LogP contribution in [0.1, 0.15) is 15.9 Å². The molecule has 1 heterocycles. The molecule has 3 aromatic carbocycles. The Morgan fingerprint density at radius 1 is 1.04 bits per heavy atom. The summed E-state index contributed by atoms with van der Waals surface area (Å²) in [5.74, 6) is 0.301. The standard InChI is InChI=1S/C21H15ClN2O2/c1-13-6-11-19-18(12-13)24-21(26-19)14-7-9-15(10-8-14)23-20(25)16-4-2-3-5-17(16)22/h2-12H,1H3,(H,23,25). The Balaban J connectivity index is 1.56. The molecule has 4 nitrogen and oxygen atoms in total. The van der Waals surface area contributed by atoms with E-state index in [-0.39, 0.29) is 5.91 Å². The van der Waals surface area contributed by atoms with Crippen molar-refractivity contribution in [3.05, 3.63) is 82.9 Å². The molecule has 128 valence electrons. The maximum absolute atomic E-state index is 12.3. The summed E-state index contributed by atoms with van der Waals surface area (Å²) < 4.78 is 5.80. The van der Waals surface area contributed by atoms with Gasteiger partial charge in [-0.25, -0.2) is 4.98 Å². The maximum atomic E-state index is 12.3. The topological polar surface area (TPSA) is 55.1 Å². The van der Waals surface area contributed by atoms with Crippen molar-refractivity contribution in [3.8, 4) is 11.5 Å². The lowest BCUT2D eigenvalue weighted by molar-refractivity contribution is 0.102. The van der Waals surface area contributed by atoms with Crippen molar-refractivity contribution < 1.29 is 9.21 Å². The number of benzene rings is 3. The third-order valence-corrected chi connectivity index (χ3v) is 4.38. The van der Waals surface area contributed by atoms with Gasteiger partial charge in [0.1, 0.15) is 5.52 Å². The van der Waals surface area contributed by atoms with Gasteiger partial charge in [-0.1, -0.05) is 29.8 Å². The summed E-state index contributed by atoms with van der Waals surface area (Å²) in [4.78, 5) is 16.8. The lowest BCUT2D eigenvalue weighted by Gasteiger charge is -2.07. The predicted molar refractivity (Wildman–Crippen MR) is 104 cm³/mol. The molecule has 0 bridgehead atoms. The van der Waals surface area contributed by atoms with Crippen LogP contribution in [0.15, 0.2) is 71.1 Å². The van der Waals surface area contributed by atoms with E-state index in [1.165, 1.54) is 0 Å². The monoisotopic (exact) mass is 362 g/mol. The Labute approximate surface area is 155 Å². The zero-order valence-electron chi connectivity index (χ0n) is 14.0. The maximum Gasteiger partial charge on any atom is 0.257 e. The molecule has 26 heavy (non-hydrogen) atoms. The number of hydrogen-bond acceptors (Lipinski definition) is 3. The van der Waals surface area contributed by atoms with Crippen LogP contribution in [0.4, 0.5) is 5.69 Å². The molecule has 1 N–H and O–H groups in total. The van der Waals surface area contributed by atoms with Crippen molar-refractivity contribution in [2.75, 3.05) is 5.32 Å². The molecule has 0 atom stereocenters. The molecular formula is C21H15ClN2O2. The fraction of sp³-hybridized carbons (Fsp3) is 0.0476. The van der Waals surface area contributed by atoms with Gasteiger partial charge in [-0.2, -0.15) is 0 Å². The molecule has 0 radical (unpaired) electrons. The summed E-state index contributed by atoms with van der Waals surface area (Å²) in [6, 6.07) is 20.2. The summed E-state index contributed by atoms with van der Waals surface area (Å²) in [6.45, 7) is 2.02. The number of fused-ring (bicyclic) bond motifs is 1. The molecule has 0 spiro atoms. The second kappa shape index (κ2) is 6.65. The first kappa shape index (κ1) is 16.4. The first-order valence-electron chi connectivity index (χ1n) is 8.14. The molecular weight excluding hydrogens is 348 g/mol. The van der Waals surface area contributed by atoms with Gasteiger partial charge in [0.15, 0.2) is 5.58 Å². The Morgan fingerprint density at radius 3 is 2.58 bits per heavy atom. The van der Waals surface area contributed by atoms with Crippen LogP contribution in [0.25, 0.3) is 22.6 Å². The SMILES string of the molecule is Cc1ccc2oc(-c3ccc(NC(=O)c4ccccc4Cl)cc3)nc2c1. The summed E-state index contributed by atoms with van der Waals surface area (Å²) in [7, 11) is 0. The van der Waals surface area contributed by atoms with Gasteiger partial charge < -0.3 is 9.73 Å². The third-order valence-electron chi connectivity index (χ3n) is 4.05. The highest BCUT2D eigenvalue weighted by Gasteiger charge is 2.11. The highest BCUT2D eigenvalue weighted by molar-refractivity contribution is 6.34. The van der Waals surface area contributed by atoms with Gasteiger partial charge in [0.25, 0.3) is 5.91 Å². The Bertz CT molecular complexity index is 1100. The average molecular weight is 363 g/mol. The number of aromatic nitrogens is 1. The lowest BCUT2D eigenvalue weighted by atomic mass is 10.2. The molecule has 0 aliphatic carbocycles. The Hall–Kier alpha value is -3.11. The minimum Gasteiger partial charge on any atom is -0.436 e. The van der Waals surface area contributed by atoms with Crippen LogP contribution in [-0.4, -0.2) is 10.9 Å². The predicted octanol–water partition coefficient (Wildman–Crippen LogP) is 5.71. The van der Waals surface area contributed by atoms with Crippen LogP contribution in [0, 0.1) is 6.92 Å². The summed E-state index contributed by atoms with van der Waals surface area (Å²) in [6.07, 6.45) is 0. The summed E-state index contributed by atoms with van der Waals surface area (Å²) in [5.41, 5.74) is 4.67. The second-order valence-electron chi connectivity index (χ2n) is 6.00. The quantitative estimate of drug-likeness (QED) is 0.508. The number of carbonyl (C=O) groups is 1. The number of nitrogens with one attached hydrogen (secondary N) is 1. The van der Waals surface area contributed by atoms with Crippen molar-refractivity contribution in [3.63, 3.8) is 0 Å². The van der Waals surface area contributed by atoms with Crippen LogP contribution in [0.3, 0.4) is 0 Å². The number of oxazole rings is 1. The van der Waals surface area contributed by atoms with Crippen molar-refractivity contribution in [1.29, 1.82) is 0 Å². The number of aryl methyl sites for hydroxylation is 1. The van der Waals surface area contributed by atoms with E-state index in [4.69, 9.17) is 16.0 Å². The van der Waals surface area contributed by atoms with Gasteiger partial charge in [0.05, 0.1) is 10.6 Å². The first-order chi connectivity index (χ1) is 12.6. The molecule has 4 rings (SSSR count). The van der Waals surface area contributed by atoms with Gasteiger partial charge in [-0.15, -0.1) is 0 Å². The van der Waals surface area contributed by atoms with Gasteiger partial charge in [0, 0.05) is 11.3 Å². The molecule has 0 saturated heterocycles. The van der Waals surface area contributed by atoms with Crippen molar-refractivity contribution in [2.24, 2.45) is 0 Å². The second-order valence-corrected chi connectivity index (χ2v) is 6.41. The van der Waals surface area contributed by atoms with Crippen molar-refractivity contribution in [1.82, 2.24) is 4.98 Å². The Kier molecular flexibility index (Phi) is 4.19. The van der Waals surface area contributed by atoms with Crippen LogP contribution < -0.4 is 5.32 Å². The zero-order chi connectivity index (χ0) is 18.1. The van der Waals surface area contributed by atoms with E-state index >= 15 is 0 Å². The van der Waals surface area contributed by atoms with E-state index in [2.05, 4.69) is 10.3 Å². The fourth-order valence-corrected chi connectivity index (χ4v) is 2.92. The average Bonchev–Trinajstić information content (AvgIpc) is 3.05. The number of anilines is 1. The molecule has 5 heteroatoms. The van der Waals surface area contributed by atoms with E-state index in [1.807, 2.05) is 49.4 Å². The van der Waals surface area contributed by atoms with Crippen molar-refractivity contribution >= 4 is 34.3 Å². The van der Waals surface area contributed by atoms with Crippen LogP contribution in [-0.2, 0) is 0 Å². The zero-order valence-corrected chi connectivity index (χ0v) is 14.7. The van der Waals surface area contributed by atoms with Gasteiger partial charge in [-0.05, 0) is 61.0 Å². The minimum absolute atomic E-state index is 0.249. The molecule has 1 aromatic heterocycles.